The van der Waals surface area contributed by atoms with Crippen molar-refractivity contribution in [2.24, 2.45) is 5.41 Å². The molecule has 1 fully saturated rings. The first-order valence-corrected chi connectivity index (χ1v) is 11.5. The number of rotatable bonds is 5. The Morgan fingerprint density at radius 3 is 1.72 bits per heavy atom. The standard InChI is InChI=1S/C27H37N3O2/c1-26(2,3)20-27(4,5)28-24(31)25(32)30-18-16-29(17-19-30)23(21-12-8-6-9-13-21)22-14-10-7-11-15-22/h6-15,23H,16-20H2,1-5H3,(H,28,31). The van der Waals surface area contributed by atoms with Gasteiger partial charge in [0, 0.05) is 31.7 Å². The van der Waals surface area contributed by atoms with Gasteiger partial charge in [0.05, 0.1) is 6.04 Å². The summed E-state index contributed by atoms with van der Waals surface area (Å²) in [6.45, 7) is 12.9. The lowest BCUT2D eigenvalue weighted by atomic mass is 9.82. The van der Waals surface area contributed by atoms with Crippen LogP contribution >= 0.6 is 0 Å². The van der Waals surface area contributed by atoms with E-state index in [4.69, 9.17) is 0 Å². The highest BCUT2D eigenvalue weighted by atomic mass is 16.2. The summed E-state index contributed by atoms with van der Waals surface area (Å²) in [6.07, 6.45) is 0.794. The molecule has 2 amide bonds. The number of nitrogens with zero attached hydrogens (tertiary/aromatic N) is 2. The molecule has 0 atom stereocenters. The molecular weight excluding hydrogens is 398 g/mol. The van der Waals surface area contributed by atoms with E-state index in [2.05, 4.69) is 79.5 Å². The molecule has 0 bridgehead atoms. The smallest absolute Gasteiger partial charge is 0.311 e. The highest BCUT2D eigenvalue weighted by molar-refractivity contribution is 6.35. The average molecular weight is 436 g/mol. The molecule has 0 saturated carbocycles. The molecule has 0 aliphatic carbocycles. The SMILES string of the molecule is CC(C)(C)CC(C)(C)NC(=O)C(=O)N1CCN(C(c2ccccc2)c2ccccc2)CC1. The lowest BCUT2D eigenvalue weighted by molar-refractivity contribution is -0.148. The highest BCUT2D eigenvalue weighted by Gasteiger charge is 2.33. The first-order valence-electron chi connectivity index (χ1n) is 11.5. The molecule has 5 nitrogen and oxygen atoms in total. The third-order valence-corrected chi connectivity index (χ3v) is 5.82. The number of carbonyl (C=O) groups excluding carboxylic acids is 2. The Morgan fingerprint density at radius 2 is 1.28 bits per heavy atom. The largest absolute Gasteiger partial charge is 0.343 e. The van der Waals surface area contributed by atoms with E-state index in [0.29, 0.717) is 13.1 Å². The van der Waals surface area contributed by atoms with Gasteiger partial charge in [-0.2, -0.15) is 0 Å². The fourth-order valence-electron chi connectivity index (χ4n) is 4.94. The molecule has 2 aromatic carbocycles. The van der Waals surface area contributed by atoms with Crippen molar-refractivity contribution in [2.45, 2.75) is 52.6 Å². The third kappa shape index (κ3) is 6.42. The summed E-state index contributed by atoms with van der Waals surface area (Å²) in [7, 11) is 0. The van der Waals surface area contributed by atoms with Crippen LogP contribution in [-0.4, -0.2) is 53.3 Å². The second-order valence-corrected chi connectivity index (χ2v) is 10.6. The van der Waals surface area contributed by atoms with Crippen molar-refractivity contribution < 1.29 is 9.59 Å². The van der Waals surface area contributed by atoms with Gasteiger partial charge in [0.25, 0.3) is 0 Å². The van der Waals surface area contributed by atoms with E-state index in [-0.39, 0.29) is 11.5 Å². The Balaban J connectivity index is 1.65. The van der Waals surface area contributed by atoms with Gasteiger partial charge in [-0.25, -0.2) is 0 Å². The Labute approximate surface area is 192 Å². The molecule has 1 heterocycles. The molecule has 32 heavy (non-hydrogen) atoms. The predicted molar refractivity (Wildman–Crippen MR) is 129 cm³/mol. The molecule has 0 unspecified atom stereocenters. The number of hydrogen-bond acceptors (Lipinski definition) is 3. The maximum absolute atomic E-state index is 12.9. The molecule has 0 aromatic heterocycles. The van der Waals surface area contributed by atoms with Crippen LogP contribution in [0.1, 0.15) is 58.2 Å². The Kier molecular flexibility index (Phi) is 7.40. The topological polar surface area (TPSA) is 52.7 Å². The van der Waals surface area contributed by atoms with E-state index in [1.165, 1.54) is 11.1 Å². The predicted octanol–water partition coefficient (Wildman–Crippen LogP) is 4.25. The zero-order valence-corrected chi connectivity index (χ0v) is 20.1. The van der Waals surface area contributed by atoms with Gasteiger partial charge in [0.2, 0.25) is 0 Å². The van der Waals surface area contributed by atoms with E-state index in [9.17, 15) is 9.59 Å². The maximum atomic E-state index is 12.9. The molecule has 1 N–H and O–H groups in total. The maximum Gasteiger partial charge on any atom is 0.311 e. The lowest BCUT2D eigenvalue weighted by Crippen LogP contribution is -2.56. The van der Waals surface area contributed by atoms with Crippen LogP contribution in [-0.2, 0) is 9.59 Å². The van der Waals surface area contributed by atoms with Crippen LogP contribution in [0.15, 0.2) is 60.7 Å². The van der Waals surface area contributed by atoms with Crippen LogP contribution in [0, 0.1) is 5.41 Å². The minimum absolute atomic E-state index is 0.0648. The molecule has 5 heteroatoms. The van der Waals surface area contributed by atoms with Crippen molar-refractivity contribution in [1.29, 1.82) is 0 Å². The van der Waals surface area contributed by atoms with Gasteiger partial charge in [0.15, 0.2) is 0 Å². The van der Waals surface area contributed by atoms with E-state index in [1.807, 2.05) is 26.0 Å². The zero-order chi connectivity index (χ0) is 23.4. The minimum atomic E-state index is -0.504. The van der Waals surface area contributed by atoms with Gasteiger partial charge in [0.1, 0.15) is 0 Å². The van der Waals surface area contributed by atoms with Crippen LogP contribution in [0.25, 0.3) is 0 Å². The van der Waals surface area contributed by atoms with Crippen LogP contribution in [0.4, 0.5) is 0 Å². The molecule has 1 saturated heterocycles. The number of carbonyl (C=O) groups is 2. The Hall–Kier alpha value is -2.66. The molecule has 2 aromatic rings. The van der Waals surface area contributed by atoms with Crippen molar-refractivity contribution in [3.8, 4) is 0 Å². The minimum Gasteiger partial charge on any atom is -0.343 e. The van der Waals surface area contributed by atoms with E-state index in [1.54, 1.807) is 4.90 Å². The van der Waals surface area contributed by atoms with Crippen molar-refractivity contribution in [2.75, 3.05) is 26.2 Å². The van der Waals surface area contributed by atoms with Gasteiger partial charge >= 0.3 is 11.8 Å². The summed E-state index contributed by atoms with van der Waals surface area (Å²) in [5.41, 5.74) is 2.11. The van der Waals surface area contributed by atoms with Gasteiger partial charge in [-0.3, -0.25) is 14.5 Å². The van der Waals surface area contributed by atoms with E-state index in [0.717, 1.165) is 19.5 Å². The molecule has 172 valence electrons. The van der Waals surface area contributed by atoms with Crippen molar-refractivity contribution in [1.82, 2.24) is 15.1 Å². The summed E-state index contributed by atoms with van der Waals surface area (Å²) in [5.74, 6) is -0.932. The lowest BCUT2D eigenvalue weighted by Gasteiger charge is -2.40. The van der Waals surface area contributed by atoms with Gasteiger partial charge in [-0.1, -0.05) is 81.4 Å². The van der Waals surface area contributed by atoms with Crippen molar-refractivity contribution in [3.05, 3.63) is 71.8 Å². The second kappa shape index (κ2) is 9.86. The number of amides is 2. The molecule has 0 radical (unpaired) electrons. The summed E-state index contributed by atoms with van der Waals surface area (Å²) < 4.78 is 0. The summed E-state index contributed by atoms with van der Waals surface area (Å²) in [5, 5.41) is 2.95. The third-order valence-electron chi connectivity index (χ3n) is 5.82. The first-order chi connectivity index (χ1) is 15.1. The number of nitrogens with one attached hydrogen (secondary N) is 1. The molecule has 3 rings (SSSR count). The fraction of sp³-hybridized carbons (Fsp3) is 0.481. The number of hydrogen-bond donors (Lipinski definition) is 1. The van der Waals surface area contributed by atoms with Gasteiger partial charge < -0.3 is 10.2 Å². The van der Waals surface area contributed by atoms with Crippen LogP contribution in [0.2, 0.25) is 0 Å². The fourth-order valence-corrected chi connectivity index (χ4v) is 4.94. The second-order valence-electron chi connectivity index (χ2n) is 10.6. The number of piperazine rings is 1. The van der Waals surface area contributed by atoms with Gasteiger partial charge in [-0.05, 0) is 36.8 Å². The molecule has 1 aliphatic rings. The molecule has 0 spiro atoms. The van der Waals surface area contributed by atoms with Crippen LogP contribution < -0.4 is 5.32 Å². The van der Waals surface area contributed by atoms with E-state index >= 15 is 0 Å². The highest BCUT2D eigenvalue weighted by Crippen LogP contribution is 2.30. The normalized spacial score (nSPS) is 15.6. The van der Waals surface area contributed by atoms with Crippen LogP contribution in [0.3, 0.4) is 0 Å². The molecule has 1 aliphatic heterocycles. The quantitative estimate of drug-likeness (QED) is 0.715. The van der Waals surface area contributed by atoms with E-state index < -0.39 is 17.4 Å². The Morgan fingerprint density at radius 1 is 0.812 bits per heavy atom. The first kappa shape index (κ1) is 24.0. The Bertz CT molecular complexity index is 856. The van der Waals surface area contributed by atoms with Crippen molar-refractivity contribution >= 4 is 11.8 Å². The van der Waals surface area contributed by atoms with Gasteiger partial charge in [-0.15, -0.1) is 0 Å². The summed E-state index contributed by atoms with van der Waals surface area (Å²) >= 11 is 0. The molecular formula is C27H37N3O2. The monoisotopic (exact) mass is 435 g/mol. The van der Waals surface area contributed by atoms with Crippen molar-refractivity contribution in [3.63, 3.8) is 0 Å². The summed E-state index contributed by atoms with van der Waals surface area (Å²) in [6, 6.07) is 21.1. The van der Waals surface area contributed by atoms with Crippen LogP contribution in [0.5, 0.6) is 0 Å². The zero-order valence-electron chi connectivity index (χ0n) is 20.1. The number of benzene rings is 2. The average Bonchev–Trinajstić information content (AvgIpc) is 2.73. The summed E-state index contributed by atoms with van der Waals surface area (Å²) in [4.78, 5) is 29.6.